The number of nitrogens with two attached hydrogens (primary N) is 1. The average Bonchev–Trinajstić information content (AvgIpc) is 2.49. The molecule has 128 valence electrons. The molecule has 1 unspecified atom stereocenters. The number of amides is 1. The van der Waals surface area contributed by atoms with Crippen LogP contribution in [0.2, 0.25) is 0 Å². The van der Waals surface area contributed by atoms with Crippen molar-refractivity contribution in [3.63, 3.8) is 0 Å². The summed E-state index contributed by atoms with van der Waals surface area (Å²) in [5.41, 5.74) is 0.791. The maximum atomic E-state index is 12.1. The summed E-state index contributed by atoms with van der Waals surface area (Å²) in [4.78, 5) is 24.1. The summed E-state index contributed by atoms with van der Waals surface area (Å²) in [5.74, 6) is -0.951. The van der Waals surface area contributed by atoms with Crippen LogP contribution in [0.4, 0.5) is 0 Å². The second-order valence-corrected chi connectivity index (χ2v) is 6.96. The van der Waals surface area contributed by atoms with Gasteiger partial charge in [0.25, 0.3) is 0 Å². The molecule has 23 heavy (non-hydrogen) atoms. The Morgan fingerprint density at radius 2 is 1.70 bits per heavy atom. The van der Waals surface area contributed by atoms with Crippen LogP contribution >= 0.6 is 0 Å². The monoisotopic (exact) mass is 342 g/mol. The summed E-state index contributed by atoms with van der Waals surface area (Å²) in [6, 6.07) is 5.84. The molecule has 1 rings (SSSR count). The molecule has 0 spiro atoms. The van der Waals surface area contributed by atoms with Gasteiger partial charge in [-0.25, -0.2) is 13.6 Å². The smallest absolute Gasteiger partial charge is 0.303 e. The highest BCUT2D eigenvalue weighted by molar-refractivity contribution is 7.89. The number of unbranched alkanes of at least 4 members (excludes halogenated alkanes) is 1. The van der Waals surface area contributed by atoms with Crippen LogP contribution in [-0.4, -0.2) is 37.3 Å². The van der Waals surface area contributed by atoms with Gasteiger partial charge in [-0.3, -0.25) is 9.59 Å². The molecule has 0 saturated carbocycles. The summed E-state index contributed by atoms with van der Waals surface area (Å²) in [6.45, 7) is 1.83. The summed E-state index contributed by atoms with van der Waals surface area (Å²) >= 11 is 0. The van der Waals surface area contributed by atoms with Crippen LogP contribution in [0.1, 0.15) is 44.2 Å². The van der Waals surface area contributed by atoms with Crippen LogP contribution in [0.5, 0.6) is 0 Å². The molecule has 0 aliphatic rings. The number of rotatable bonds is 8. The minimum Gasteiger partial charge on any atom is -0.481 e. The Bertz CT molecular complexity index is 655. The molecule has 0 aliphatic heterocycles. The average molecular weight is 342 g/mol. The molecule has 7 nitrogen and oxygen atoms in total. The molecule has 0 heterocycles. The van der Waals surface area contributed by atoms with E-state index in [1.54, 1.807) is 24.1 Å². The Balaban J connectivity index is 2.63. The van der Waals surface area contributed by atoms with Crippen LogP contribution in [-0.2, 0) is 19.6 Å². The van der Waals surface area contributed by atoms with E-state index >= 15 is 0 Å². The molecule has 1 atom stereocenters. The number of carbonyl (C=O) groups excluding carboxylic acids is 1. The van der Waals surface area contributed by atoms with Crippen LogP contribution in [0.3, 0.4) is 0 Å². The third-order valence-corrected chi connectivity index (χ3v) is 4.63. The van der Waals surface area contributed by atoms with Gasteiger partial charge in [-0.15, -0.1) is 0 Å². The van der Waals surface area contributed by atoms with Crippen molar-refractivity contribution < 1.29 is 23.1 Å². The fraction of sp³-hybridized carbons (Fsp3) is 0.467. The van der Waals surface area contributed by atoms with Crippen molar-refractivity contribution in [2.45, 2.75) is 43.5 Å². The number of benzene rings is 1. The van der Waals surface area contributed by atoms with Gasteiger partial charge in [-0.2, -0.15) is 0 Å². The molecule has 0 bridgehead atoms. The number of hydrogen-bond acceptors (Lipinski definition) is 4. The van der Waals surface area contributed by atoms with Crippen molar-refractivity contribution in [3.05, 3.63) is 29.8 Å². The molecule has 8 heteroatoms. The summed E-state index contributed by atoms with van der Waals surface area (Å²) in [6.07, 6.45) is 1.32. The number of aliphatic carboxylic acids is 1. The predicted molar refractivity (Wildman–Crippen MR) is 85.1 cm³/mol. The van der Waals surface area contributed by atoms with Gasteiger partial charge in [0, 0.05) is 19.9 Å². The van der Waals surface area contributed by atoms with Crippen molar-refractivity contribution in [2.24, 2.45) is 5.14 Å². The summed E-state index contributed by atoms with van der Waals surface area (Å²) in [7, 11) is -2.07. The van der Waals surface area contributed by atoms with Gasteiger partial charge in [0.2, 0.25) is 15.9 Å². The maximum absolute atomic E-state index is 12.1. The fourth-order valence-corrected chi connectivity index (χ4v) is 2.62. The van der Waals surface area contributed by atoms with E-state index in [0.29, 0.717) is 12.8 Å². The van der Waals surface area contributed by atoms with Gasteiger partial charge in [-0.05, 0) is 37.5 Å². The Kier molecular flexibility index (Phi) is 6.71. The lowest BCUT2D eigenvalue weighted by Crippen LogP contribution is -2.29. The minimum absolute atomic E-state index is 0.0242. The summed E-state index contributed by atoms with van der Waals surface area (Å²) in [5, 5.41) is 13.6. The fourth-order valence-electron chi connectivity index (χ4n) is 2.10. The number of primary sulfonamides is 1. The largest absolute Gasteiger partial charge is 0.481 e. The molecule has 0 radical (unpaired) electrons. The Labute approximate surface area is 136 Å². The number of sulfonamides is 1. The maximum Gasteiger partial charge on any atom is 0.303 e. The van der Waals surface area contributed by atoms with Crippen molar-refractivity contribution in [1.82, 2.24) is 4.90 Å². The molecule has 1 aromatic rings. The van der Waals surface area contributed by atoms with Gasteiger partial charge in [-0.1, -0.05) is 12.1 Å². The van der Waals surface area contributed by atoms with Gasteiger partial charge in [0.05, 0.1) is 10.9 Å². The number of hydrogen-bond donors (Lipinski definition) is 2. The van der Waals surface area contributed by atoms with Crippen molar-refractivity contribution >= 4 is 21.9 Å². The topological polar surface area (TPSA) is 118 Å². The molecule has 0 saturated heterocycles. The highest BCUT2D eigenvalue weighted by Crippen LogP contribution is 2.21. The zero-order valence-electron chi connectivity index (χ0n) is 13.2. The first kappa shape index (κ1) is 19.1. The number of nitrogens with zero attached hydrogens (tertiary/aromatic N) is 1. The van der Waals surface area contributed by atoms with Crippen LogP contribution < -0.4 is 5.14 Å². The Morgan fingerprint density at radius 3 is 2.17 bits per heavy atom. The highest BCUT2D eigenvalue weighted by Gasteiger charge is 2.18. The molecule has 0 aliphatic carbocycles. The standard InChI is InChI=1S/C15H22N2O5S/c1-11(12-7-9-13(10-8-12)23(16,21)22)17(2)14(18)5-3-4-6-15(19)20/h7-11H,3-6H2,1-2H3,(H,19,20)(H2,16,21,22). The quantitative estimate of drug-likeness (QED) is 0.694. The van der Waals surface area contributed by atoms with Gasteiger partial charge in [0.1, 0.15) is 0 Å². The minimum atomic E-state index is -3.73. The van der Waals surface area contributed by atoms with Crippen LogP contribution in [0.25, 0.3) is 0 Å². The molecular formula is C15H22N2O5S. The molecular weight excluding hydrogens is 320 g/mol. The molecule has 3 N–H and O–H groups in total. The normalized spacial score (nSPS) is 12.7. The van der Waals surface area contributed by atoms with Crippen LogP contribution in [0, 0.1) is 0 Å². The highest BCUT2D eigenvalue weighted by atomic mass is 32.2. The Morgan fingerprint density at radius 1 is 1.17 bits per heavy atom. The molecule has 0 aromatic heterocycles. The lowest BCUT2D eigenvalue weighted by atomic mass is 10.1. The van der Waals surface area contributed by atoms with E-state index < -0.39 is 16.0 Å². The van der Waals surface area contributed by atoms with Gasteiger partial charge >= 0.3 is 5.97 Å². The molecule has 1 aromatic carbocycles. The van der Waals surface area contributed by atoms with E-state index in [1.165, 1.54) is 12.1 Å². The zero-order chi connectivity index (χ0) is 17.6. The van der Waals surface area contributed by atoms with Crippen molar-refractivity contribution in [3.8, 4) is 0 Å². The number of carboxylic acid groups (broad SMARTS) is 1. The third kappa shape index (κ3) is 5.99. The first-order chi connectivity index (χ1) is 10.6. The predicted octanol–water partition coefficient (Wildman–Crippen LogP) is 1.50. The Hall–Kier alpha value is -1.93. The first-order valence-corrected chi connectivity index (χ1v) is 8.77. The van der Waals surface area contributed by atoms with Crippen LogP contribution in [0.15, 0.2) is 29.2 Å². The zero-order valence-corrected chi connectivity index (χ0v) is 14.0. The third-order valence-electron chi connectivity index (χ3n) is 3.70. The lowest BCUT2D eigenvalue weighted by molar-refractivity contribution is -0.137. The van der Waals surface area contributed by atoms with E-state index in [4.69, 9.17) is 10.2 Å². The van der Waals surface area contributed by atoms with Gasteiger partial charge < -0.3 is 10.0 Å². The van der Waals surface area contributed by atoms with E-state index in [9.17, 15) is 18.0 Å². The van der Waals surface area contributed by atoms with E-state index in [1.807, 2.05) is 6.92 Å². The molecule has 1 amide bonds. The summed E-state index contributed by atoms with van der Waals surface area (Å²) < 4.78 is 22.4. The number of carbonyl (C=O) groups is 2. The molecule has 0 fully saturated rings. The van der Waals surface area contributed by atoms with E-state index in [-0.39, 0.29) is 29.7 Å². The first-order valence-electron chi connectivity index (χ1n) is 7.23. The van der Waals surface area contributed by atoms with Crippen molar-refractivity contribution in [2.75, 3.05) is 7.05 Å². The van der Waals surface area contributed by atoms with Gasteiger partial charge in [0.15, 0.2) is 0 Å². The number of carboxylic acids is 1. The SMILES string of the molecule is CC(c1ccc(S(N)(=O)=O)cc1)N(C)C(=O)CCCCC(=O)O. The van der Waals surface area contributed by atoms with Crippen molar-refractivity contribution in [1.29, 1.82) is 0 Å². The lowest BCUT2D eigenvalue weighted by Gasteiger charge is -2.25. The van der Waals surface area contributed by atoms with E-state index in [2.05, 4.69) is 0 Å². The second-order valence-electron chi connectivity index (χ2n) is 5.40. The second kappa shape index (κ2) is 8.07. The van der Waals surface area contributed by atoms with E-state index in [0.717, 1.165) is 5.56 Å².